The smallest absolute Gasteiger partial charge is 0.401 e. The molecule has 3 heterocycles. The quantitative estimate of drug-likeness (QED) is 0.690. The zero-order chi connectivity index (χ0) is 21.6. The SMILES string of the molecule is O=C(O)c1c2n(c3cc(N4CCC(CNCC(F)(F)F)C4)c(F)cc3c1=O)CCS2. The third-order valence-electron chi connectivity index (χ3n) is 5.44. The van der Waals surface area contributed by atoms with Crippen LogP contribution in [-0.2, 0) is 6.54 Å². The lowest BCUT2D eigenvalue weighted by atomic mass is 10.1. The summed E-state index contributed by atoms with van der Waals surface area (Å²) in [5.41, 5.74) is -0.302. The van der Waals surface area contributed by atoms with Crippen LogP contribution in [0.5, 0.6) is 0 Å². The minimum Gasteiger partial charge on any atom is -0.477 e. The molecule has 0 spiro atoms. The molecule has 0 saturated carbocycles. The normalized spacial score (nSPS) is 18.9. The molecule has 4 rings (SSSR count). The van der Waals surface area contributed by atoms with Crippen LogP contribution in [0.15, 0.2) is 22.0 Å². The Morgan fingerprint density at radius 1 is 1.30 bits per heavy atom. The first-order valence-electron chi connectivity index (χ1n) is 9.44. The number of benzene rings is 1. The Labute approximate surface area is 172 Å². The van der Waals surface area contributed by atoms with Gasteiger partial charge in [-0.05, 0) is 24.5 Å². The number of aryl methyl sites for hydroxylation is 1. The van der Waals surface area contributed by atoms with Crippen molar-refractivity contribution in [3.63, 3.8) is 0 Å². The molecular formula is C19H19F4N3O3S. The molecule has 6 nitrogen and oxygen atoms in total. The molecule has 2 aliphatic rings. The maximum Gasteiger partial charge on any atom is 0.401 e. The lowest BCUT2D eigenvalue weighted by molar-refractivity contribution is -0.125. The summed E-state index contributed by atoms with van der Waals surface area (Å²) in [7, 11) is 0. The zero-order valence-electron chi connectivity index (χ0n) is 15.8. The molecule has 1 atom stereocenters. The Bertz CT molecular complexity index is 1070. The van der Waals surface area contributed by atoms with E-state index in [4.69, 9.17) is 0 Å². The average Bonchev–Trinajstić information content (AvgIpc) is 3.30. The minimum atomic E-state index is -4.27. The van der Waals surface area contributed by atoms with Crippen molar-refractivity contribution in [1.29, 1.82) is 0 Å². The number of aromatic carboxylic acids is 1. The summed E-state index contributed by atoms with van der Waals surface area (Å²) in [5.74, 6) is -1.42. The van der Waals surface area contributed by atoms with Crippen LogP contribution in [0.25, 0.3) is 10.9 Å². The van der Waals surface area contributed by atoms with Crippen molar-refractivity contribution < 1.29 is 27.5 Å². The fourth-order valence-electron chi connectivity index (χ4n) is 4.10. The zero-order valence-corrected chi connectivity index (χ0v) is 16.6. The number of rotatable bonds is 5. The molecule has 2 N–H and O–H groups in total. The summed E-state index contributed by atoms with van der Waals surface area (Å²) < 4.78 is 53.5. The molecular weight excluding hydrogens is 426 g/mol. The molecule has 1 saturated heterocycles. The molecule has 1 aromatic carbocycles. The van der Waals surface area contributed by atoms with Gasteiger partial charge in [-0.25, -0.2) is 9.18 Å². The van der Waals surface area contributed by atoms with Crippen LogP contribution in [0.1, 0.15) is 16.8 Å². The number of hydrogen-bond donors (Lipinski definition) is 2. The molecule has 1 aromatic heterocycles. The standard InChI is InChI=1S/C19H19F4N3O3S/c20-12-5-11-13(26-3-4-30-17(26)15(16(11)27)18(28)29)6-14(12)25-2-1-10(8-25)7-24-9-19(21,22)23/h5-6,10,24H,1-4,7-9H2,(H,28,29). The molecule has 0 aliphatic carbocycles. The van der Waals surface area contributed by atoms with Crippen molar-refractivity contribution in [2.45, 2.75) is 24.2 Å². The van der Waals surface area contributed by atoms with Crippen LogP contribution in [0, 0.1) is 11.7 Å². The summed E-state index contributed by atoms with van der Waals surface area (Å²) in [6, 6.07) is 2.63. The maximum absolute atomic E-state index is 14.9. The van der Waals surface area contributed by atoms with Crippen molar-refractivity contribution in [2.75, 3.05) is 36.8 Å². The Kier molecular flexibility index (Phi) is 5.43. The first-order valence-corrected chi connectivity index (χ1v) is 10.4. The lowest BCUT2D eigenvalue weighted by Crippen LogP contribution is -2.33. The van der Waals surface area contributed by atoms with Gasteiger partial charge in [0.15, 0.2) is 0 Å². The van der Waals surface area contributed by atoms with Gasteiger partial charge < -0.3 is 19.9 Å². The number of aromatic nitrogens is 1. The Morgan fingerprint density at radius 3 is 2.77 bits per heavy atom. The fourth-order valence-corrected chi connectivity index (χ4v) is 5.24. The molecule has 0 amide bonds. The van der Waals surface area contributed by atoms with Crippen LogP contribution in [0.3, 0.4) is 0 Å². The van der Waals surface area contributed by atoms with Crippen molar-refractivity contribution in [3.8, 4) is 0 Å². The van der Waals surface area contributed by atoms with Crippen LogP contribution < -0.4 is 15.6 Å². The van der Waals surface area contributed by atoms with Crippen molar-refractivity contribution >= 4 is 34.3 Å². The van der Waals surface area contributed by atoms with E-state index in [1.165, 1.54) is 11.8 Å². The van der Waals surface area contributed by atoms with Crippen molar-refractivity contribution in [3.05, 3.63) is 33.7 Å². The largest absolute Gasteiger partial charge is 0.477 e. The number of thioether (sulfide) groups is 1. The number of halogens is 4. The number of pyridine rings is 1. The van der Waals surface area contributed by atoms with Crippen LogP contribution in [0.2, 0.25) is 0 Å². The predicted molar refractivity (Wildman–Crippen MR) is 105 cm³/mol. The second-order valence-corrected chi connectivity index (χ2v) is 8.57. The van der Waals surface area contributed by atoms with Gasteiger partial charge in [0.2, 0.25) is 5.43 Å². The molecule has 0 radical (unpaired) electrons. The van der Waals surface area contributed by atoms with E-state index in [0.717, 1.165) is 6.07 Å². The summed E-state index contributed by atoms with van der Waals surface area (Å²) in [6.45, 7) is 0.503. The van der Waals surface area contributed by atoms with E-state index in [9.17, 15) is 32.3 Å². The number of alkyl halides is 3. The molecule has 162 valence electrons. The highest BCUT2D eigenvalue weighted by atomic mass is 32.2. The summed E-state index contributed by atoms with van der Waals surface area (Å²) >= 11 is 1.28. The van der Waals surface area contributed by atoms with Gasteiger partial charge in [-0.2, -0.15) is 13.2 Å². The maximum atomic E-state index is 14.9. The highest BCUT2D eigenvalue weighted by molar-refractivity contribution is 7.99. The monoisotopic (exact) mass is 445 g/mol. The van der Waals surface area contributed by atoms with Gasteiger partial charge in [0.05, 0.1) is 22.8 Å². The van der Waals surface area contributed by atoms with Crippen LogP contribution >= 0.6 is 11.8 Å². The van der Waals surface area contributed by atoms with Crippen LogP contribution in [-0.4, -0.2) is 53.8 Å². The van der Waals surface area contributed by atoms with E-state index < -0.39 is 29.9 Å². The van der Waals surface area contributed by atoms with E-state index >= 15 is 0 Å². The topological polar surface area (TPSA) is 74.6 Å². The third kappa shape index (κ3) is 3.87. The number of anilines is 1. The van der Waals surface area contributed by atoms with Gasteiger partial charge in [-0.1, -0.05) is 0 Å². The number of hydrogen-bond acceptors (Lipinski definition) is 5. The molecule has 1 unspecified atom stereocenters. The van der Waals surface area contributed by atoms with E-state index in [1.54, 1.807) is 15.5 Å². The summed E-state index contributed by atoms with van der Waals surface area (Å²) in [4.78, 5) is 26.0. The van der Waals surface area contributed by atoms with Gasteiger partial charge in [0.25, 0.3) is 0 Å². The number of carboxylic acids is 1. The van der Waals surface area contributed by atoms with E-state index in [-0.39, 0.29) is 29.1 Å². The number of fused-ring (bicyclic) bond motifs is 3. The lowest BCUT2D eigenvalue weighted by Gasteiger charge is -2.21. The van der Waals surface area contributed by atoms with E-state index in [1.807, 2.05) is 0 Å². The average molecular weight is 445 g/mol. The molecule has 0 bridgehead atoms. The third-order valence-corrected chi connectivity index (χ3v) is 6.52. The highest BCUT2D eigenvalue weighted by Crippen LogP contribution is 2.35. The molecule has 2 aromatic rings. The minimum absolute atomic E-state index is 0.0162. The van der Waals surface area contributed by atoms with Gasteiger partial charge in [-0.3, -0.25) is 4.79 Å². The molecule has 11 heteroatoms. The molecule has 30 heavy (non-hydrogen) atoms. The molecule has 2 aliphatic heterocycles. The van der Waals surface area contributed by atoms with Gasteiger partial charge >= 0.3 is 12.1 Å². The number of nitrogens with one attached hydrogen (secondary N) is 1. The van der Waals surface area contributed by atoms with Crippen LogP contribution in [0.4, 0.5) is 23.2 Å². The van der Waals surface area contributed by atoms with Crippen molar-refractivity contribution in [2.24, 2.45) is 5.92 Å². The Morgan fingerprint density at radius 2 is 2.07 bits per heavy atom. The van der Waals surface area contributed by atoms with Gasteiger partial charge in [0, 0.05) is 37.3 Å². The second kappa shape index (κ2) is 7.77. The predicted octanol–water partition coefficient (Wildman–Crippen LogP) is 2.92. The fraction of sp³-hybridized carbons (Fsp3) is 0.474. The summed E-state index contributed by atoms with van der Waals surface area (Å²) in [6.07, 6.45) is -3.66. The number of carbonyl (C=O) groups is 1. The van der Waals surface area contributed by atoms with Gasteiger partial charge in [-0.15, -0.1) is 11.8 Å². The first-order chi connectivity index (χ1) is 14.2. The number of carboxylic acid groups (broad SMARTS) is 1. The summed E-state index contributed by atoms with van der Waals surface area (Å²) in [5, 5.41) is 12.2. The molecule has 1 fully saturated rings. The Balaban J connectivity index is 1.64. The highest BCUT2D eigenvalue weighted by Gasteiger charge is 2.30. The number of nitrogens with zero attached hydrogens (tertiary/aromatic N) is 2. The van der Waals surface area contributed by atoms with Crippen molar-refractivity contribution in [1.82, 2.24) is 9.88 Å². The van der Waals surface area contributed by atoms with E-state index in [0.29, 0.717) is 42.4 Å². The van der Waals surface area contributed by atoms with Gasteiger partial charge in [0.1, 0.15) is 11.4 Å². The first kappa shape index (κ1) is 21.0. The Hall–Kier alpha value is -2.27. The van der Waals surface area contributed by atoms with E-state index in [2.05, 4.69) is 5.32 Å². The second-order valence-electron chi connectivity index (χ2n) is 7.48.